The Morgan fingerprint density at radius 2 is 1.86 bits per heavy atom. The van der Waals surface area contributed by atoms with Crippen LogP contribution in [0, 0.1) is 0 Å². The Morgan fingerprint density at radius 3 is 2.61 bits per heavy atom. The second-order valence-corrected chi connectivity index (χ2v) is 9.42. The highest BCUT2D eigenvalue weighted by Crippen LogP contribution is 2.27. The Balaban J connectivity index is 1.24. The van der Waals surface area contributed by atoms with Crippen LogP contribution in [0.2, 0.25) is 0 Å². The first-order valence-electron chi connectivity index (χ1n) is 12.5. The standard InChI is InChI=1S/C27H33N5O4/c1-30-26(34)16-24(20-8-10-28-11-9-20)29-27(30)32-14-15-35-25(18-32)21-4-6-23(7-5-21)36-19-22(33)17-31-12-2-3-13-31/h4-11,16,22,25,33H,2-3,12-15,17-19H2,1H3/t22-,25+/m0/s1. The van der Waals surface area contributed by atoms with Crippen molar-refractivity contribution in [2.45, 2.75) is 25.0 Å². The predicted molar refractivity (Wildman–Crippen MR) is 137 cm³/mol. The second-order valence-electron chi connectivity index (χ2n) is 9.42. The number of hydrogen-bond donors (Lipinski definition) is 1. The fourth-order valence-electron chi connectivity index (χ4n) is 4.80. The van der Waals surface area contributed by atoms with Crippen LogP contribution in [-0.2, 0) is 11.8 Å². The van der Waals surface area contributed by atoms with Crippen molar-refractivity contribution in [1.82, 2.24) is 19.4 Å². The normalized spacial score (nSPS) is 19.4. The first-order chi connectivity index (χ1) is 17.6. The molecule has 0 aliphatic carbocycles. The van der Waals surface area contributed by atoms with Gasteiger partial charge in [0.1, 0.15) is 24.6 Å². The summed E-state index contributed by atoms with van der Waals surface area (Å²) in [4.78, 5) is 25.9. The van der Waals surface area contributed by atoms with Gasteiger partial charge in [0.15, 0.2) is 0 Å². The van der Waals surface area contributed by atoms with Gasteiger partial charge in [-0.3, -0.25) is 14.3 Å². The zero-order valence-corrected chi connectivity index (χ0v) is 20.6. The van der Waals surface area contributed by atoms with Gasteiger partial charge in [0.05, 0.1) is 18.8 Å². The van der Waals surface area contributed by atoms with Gasteiger partial charge in [-0.05, 0) is 55.8 Å². The van der Waals surface area contributed by atoms with Crippen molar-refractivity contribution >= 4 is 5.95 Å². The Hall–Kier alpha value is -3.27. The van der Waals surface area contributed by atoms with Crippen LogP contribution >= 0.6 is 0 Å². The molecule has 36 heavy (non-hydrogen) atoms. The predicted octanol–water partition coefficient (Wildman–Crippen LogP) is 2.26. The molecule has 9 nitrogen and oxygen atoms in total. The molecule has 0 bridgehead atoms. The zero-order valence-electron chi connectivity index (χ0n) is 20.6. The number of anilines is 1. The Morgan fingerprint density at radius 1 is 1.11 bits per heavy atom. The first kappa shape index (κ1) is 24.4. The van der Waals surface area contributed by atoms with E-state index in [1.807, 2.05) is 36.4 Å². The SMILES string of the molecule is Cn1c(N2CCO[C@@H](c3ccc(OC[C@@H](O)CN4CCCC4)cc3)C2)nc(-c2ccncc2)cc1=O. The molecule has 1 N–H and O–H groups in total. The van der Waals surface area contributed by atoms with Crippen molar-refractivity contribution in [2.75, 3.05) is 50.8 Å². The van der Waals surface area contributed by atoms with Crippen molar-refractivity contribution in [1.29, 1.82) is 0 Å². The molecular formula is C27H33N5O4. The van der Waals surface area contributed by atoms with Crippen molar-refractivity contribution in [3.05, 3.63) is 70.8 Å². The number of rotatable bonds is 8. The van der Waals surface area contributed by atoms with E-state index in [4.69, 9.17) is 14.5 Å². The van der Waals surface area contributed by atoms with Crippen LogP contribution < -0.4 is 15.2 Å². The number of aliphatic hydroxyl groups excluding tert-OH is 1. The zero-order chi connectivity index (χ0) is 24.9. The highest BCUT2D eigenvalue weighted by atomic mass is 16.5. The summed E-state index contributed by atoms with van der Waals surface area (Å²) in [5.74, 6) is 1.34. The van der Waals surface area contributed by atoms with E-state index in [1.54, 1.807) is 30.1 Å². The number of hydrogen-bond acceptors (Lipinski definition) is 8. The van der Waals surface area contributed by atoms with Crippen LogP contribution in [0.5, 0.6) is 5.75 Å². The second kappa shape index (κ2) is 11.2. The quantitative estimate of drug-likeness (QED) is 0.513. The lowest BCUT2D eigenvalue weighted by molar-refractivity contribution is 0.0389. The smallest absolute Gasteiger partial charge is 0.255 e. The van der Waals surface area contributed by atoms with Gasteiger partial charge in [-0.1, -0.05) is 12.1 Å². The number of aliphatic hydroxyl groups is 1. The average Bonchev–Trinajstić information content (AvgIpc) is 3.43. The van der Waals surface area contributed by atoms with E-state index in [0.717, 1.165) is 30.0 Å². The third-order valence-electron chi connectivity index (χ3n) is 6.80. The monoisotopic (exact) mass is 491 g/mol. The molecule has 2 aliphatic heterocycles. The average molecular weight is 492 g/mol. The van der Waals surface area contributed by atoms with Crippen molar-refractivity contribution in [3.8, 4) is 17.0 Å². The lowest BCUT2D eigenvalue weighted by atomic mass is 10.1. The molecule has 0 spiro atoms. The van der Waals surface area contributed by atoms with Crippen molar-refractivity contribution in [3.63, 3.8) is 0 Å². The van der Waals surface area contributed by atoms with E-state index in [-0.39, 0.29) is 18.3 Å². The molecule has 2 aliphatic rings. The van der Waals surface area contributed by atoms with Crippen LogP contribution in [0.3, 0.4) is 0 Å². The number of ether oxygens (including phenoxy) is 2. The molecule has 0 unspecified atom stereocenters. The summed E-state index contributed by atoms with van der Waals surface area (Å²) >= 11 is 0. The van der Waals surface area contributed by atoms with E-state index in [0.29, 0.717) is 37.9 Å². The van der Waals surface area contributed by atoms with E-state index >= 15 is 0 Å². The highest BCUT2D eigenvalue weighted by molar-refractivity contribution is 5.59. The molecule has 190 valence electrons. The molecule has 9 heteroatoms. The molecule has 2 fully saturated rings. The van der Waals surface area contributed by atoms with Gasteiger partial charge in [0.2, 0.25) is 5.95 Å². The largest absolute Gasteiger partial charge is 0.491 e. The summed E-state index contributed by atoms with van der Waals surface area (Å²) in [6, 6.07) is 13.1. The number of pyridine rings is 1. The topological polar surface area (TPSA) is 92.9 Å². The number of β-amino-alcohol motifs (C(OH)–C–C–N with tert-alkyl or cyclic N) is 1. The Kier molecular flexibility index (Phi) is 7.60. The van der Waals surface area contributed by atoms with Gasteiger partial charge < -0.3 is 24.4 Å². The molecule has 0 radical (unpaired) electrons. The van der Waals surface area contributed by atoms with Crippen molar-refractivity contribution in [2.24, 2.45) is 7.05 Å². The van der Waals surface area contributed by atoms with E-state index in [2.05, 4.69) is 14.8 Å². The van der Waals surface area contributed by atoms with Gasteiger partial charge in [-0.15, -0.1) is 0 Å². The molecule has 1 aromatic carbocycles. The molecule has 3 aromatic rings. The number of aromatic nitrogens is 3. The van der Waals surface area contributed by atoms with E-state index < -0.39 is 6.10 Å². The van der Waals surface area contributed by atoms with Crippen LogP contribution in [-0.4, -0.2) is 76.6 Å². The molecule has 2 aromatic heterocycles. The summed E-state index contributed by atoms with van der Waals surface area (Å²) in [5, 5.41) is 10.3. The fraction of sp³-hybridized carbons (Fsp3) is 0.444. The lowest BCUT2D eigenvalue weighted by Crippen LogP contribution is -2.41. The maximum atomic E-state index is 12.7. The van der Waals surface area contributed by atoms with Gasteiger partial charge in [-0.25, -0.2) is 4.98 Å². The lowest BCUT2D eigenvalue weighted by Gasteiger charge is -2.34. The summed E-state index contributed by atoms with van der Waals surface area (Å²) in [5.41, 5.74) is 2.41. The Labute approximate surface area is 210 Å². The van der Waals surface area contributed by atoms with Crippen LogP contribution in [0.4, 0.5) is 5.95 Å². The molecule has 0 saturated carbocycles. The number of morpholine rings is 1. The molecule has 2 atom stereocenters. The molecule has 0 amide bonds. The first-order valence-corrected chi connectivity index (χ1v) is 12.5. The van der Waals surface area contributed by atoms with Gasteiger partial charge in [-0.2, -0.15) is 0 Å². The summed E-state index contributed by atoms with van der Waals surface area (Å²) in [6.45, 7) is 4.80. The summed E-state index contributed by atoms with van der Waals surface area (Å²) in [6.07, 6.45) is 5.15. The number of benzene rings is 1. The third-order valence-corrected chi connectivity index (χ3v) is 6.80. The van der Waals surface area contributed by atoms with Crippen LogP contribution in [0.15, 0.2) is 59.7 Å². The van der Waals surface area contributed by atoms with E-state index in [9.17, 15) is 9.90 Å². The van der Waals surface area contributed by atoms with Gasteiger partial charge in [0, 0.05) is 44.2 Å². The minimum Gasteiger partial charge on any atom is -0.491 e. The van der Waals surface area contributed by atoms with Gasteiger partial charge >= 0.3 is 0 Å². The van der Waals surface area contributed by atoms with Crippen LogP contribution in [0.25, 0.3) is 11.3 Å². The molecule has 2 saturated heterocycles. The van der Waals surface area contributed by atoms with Crippen molar-refractivity contribution < 1.29 is 14.6 Å². The minimum absolute atomic E-state index is 0.108. The third kappa shape index (κ3) is 5.75. The molecule has 4 heterocycles. The Bertz CT molecular complexity index is 1200. The highest BCUT2D eigenvalue weighted by Gasteiger charge is 2.25. The minimum atomic E-state index is -0.500. The maximum absolute atomic E-state index is 12.7. The maximum Gasteiger partial charge on any atom is 0.255 e. The number of likely N-dealkylation sites (tertiary alicyclic amines) is 1. The fourth-order valence-corrected chi connectivity index (χ4v) is 4.80. The summed E-state index contributed by atoms with van der Waals surface area (Å²) < 4.78 is 13.5. The number of nitrogens with zero attached hydrogens (tertiary/aromatic N) is 5. The van der Waals surface area contributed by atoms with Gasteiger partial charge in [0.25, 0.3) is 5.56 Å². The van der Waals surface area contributed by atoms with Crippen LogP contribution in [0.1, 0.15) is 24.5 Å². The molecular weight excluding hydrogens is 458 g/mol. The summed E-state index contributed by atoms with van der Waals surface area (Å²) in [7, 11) is 1.75. The van der Waals surface area contributed by atoms with E-state index in [1.165, 1.54) is 12.8 Å². The molecule has 5 rings (SSSR count).